The van der Waals surface area contributed by atoms with E-state index in [1.165, 1.54) is 36.0 Å². The number of rotatable bonds is 5. The highest BCUT2D eigenvalue weighted by Crippen LogP contribution is 2.31. The lowest BCUT2D eigenvalue weighted by Crippen LogP contribution is -2.23. The minimum atomic E-state index is 0.242. The molecule has 1 amide bonds. The number of hydrogen-bond acceptors (Lipinski definition) is 1. The summed E-state index contributed by atoms with van der Waals surface area (Å²) in [7, 11) is 0. The molecule has 0 atom stereocenters. The highest BCUT2D eigenvalue weighted by atomic mass is 16.2. The van der Waals surface area contributed by atoms with Crippen LogP contribution in [0.15, 0.2) is 72.8 Å². The third kappa shape index (κ3) is 3.85. The number of hydrogen-bond donors (Lipinski definition) is 0. The second-order valence-corrected chi connectivity index (χ2v) is 8.48. The molecule has 0 saturated carbocycles. The Morgan fingerprint density at radius 3 is 2.28 bits per heavy atom. The first-order chi connectivity index (χ1) is 14.3. The number of fused-ring (bicyclic) bond motifs is 1. The lowest BCUT2D eigenvalue weighted by atomic mass is 9.95. The van der Waals surface area contributed by atoms with Gasteiger partial charge in [0.15, 0.2) is 0 Å². The summed E-state index contributed by atoms with van der Waals surface area (Å²) in [5.74, 6) is 1.02. The van der Waals surface area contributed by atoms with Gasteiger partial charge in [0.05, 0.1) is 0 Å². The van der Waals surface area contributed by atoms with Crippen molar-refractivity contribution in [2.75, 3.05) is 11.4 Å². The van der Waals surface area contributed by atoms with E-state index in [4.69, 9.17) is 0 Å². The zero-order valence-corrected chi connectivity index (χ0v) is 16.8. The summed E-state index contributed by atoms with van der Waals surface area (Å²) < 4.78 is 0. The topological polar surface area (TPSA) is 20.3 Å². The van der Waals surface area contributed by atoms with Gasteiger partial charge < -0.3 is 4.90 Å². The maximum atomic E-state index is 12.0. The van der Waals surface area contributed by atoms with Gasteiger partial charge in [-0.25, -0.2) is 0 Å². The molecule has 0 N–H and O–H groups in total. The normalized spacial score (nSPS) is 16.4. The van der Waals surface area contributed by atoms with E-state index in [1.807, 2.05) is 11.0 Å². The molecule has 2 heteroatoms. The van der Waals surface area contributed by atoms with Gasteiger partial charge in [-0.1, -0.05) is 60.7 Å². The van der Waals surface area contributed by atoms with Crippen molar-refractivity contribution in [1.29, 1.82) is 0 Å². The average molecular weight is 382 g/mol. The highest BCUT2D eigenvalue weighted by Gasteiger charge is 2.22. The molecule has 0 radical (unpaired) electrons. The monoisotopic (exact) mass is 381 g/mol. The van der Waals surface area contributed by atoms with Gasteiger partial charge in [-0.15, -0.1) is 0 Å². The smallest absolute Gasteiger partial charge is 0.227 e. The number of benzene rings is 3. The number of carbonyl (C=O) groups is 1. The standard InChI is InChI=1S/C27H27NO/c29-27-9-4-16-28(27)26-8-3-7-25(19-26)22-14-12-20(13-15-22)10-11-21-17-23-5-1-2-6-24(23)18-21/h1-3,5-8,12-15,19,21H,4,9-11,16-18H2. The lowest BCUT2D eigenvalue weighted by molar-refractivity contribution is -0.117. The molecule has 1 fully saturated rings. The van der Waals surface area contributed by atoms with Crippen molar-refractivity contribution in [1.82, 2.24) is 0 Å². The van der Waals surface area contributed by atoms with Crippen molar-refractivity contribution in [2.45, 2.75) is 38.5 Å². The third-order valence-corrected chi connectivity index (χ3v) is 6.50. The van der Waals surface area contributed by atoms with Gasteiger partial charge in [0.1, 0.15) is 0 Å². The molecule has 3 aromatic rings. The van der Waals surface area contributed by atoms with E-state index >= 15 is 0 Å². The summed E-state index contributed by atoms with van der Waals surface area (Å²) in [6.45, 7) is 0.840. The summed E-state index contributed by atoms with van der Waals surface area (Å²) >= 11 is 0. The Labute approximate surface area is 173 Å². The predicted molar refractivity (Wildman–Crippen MR) is 119 cm³/mol. The largest absolute Gasteiger partial charge is 0.312 e. The molecule has 0 unspecified atom stereocenters. The van der Waals surface area contributed by atoms with Crippen LogP contribution >= 0.6 is 0 Å². The van der Waals surface area contributed by atoms with Crippen LogP contribution in [0.1, 0.15) is 36.0 Å². The van der Waals surface area contributed by atoms with Gasteiger partial charge in [-0.2, -0.15) is 0 Å². The van der Waals surface area contributed by atoms with Gasteiger partial charge >= 0.3 is 0 Å². The van der Waals surface area contributed by atoms with Crippen molar-refractivity contribution < 1.29 is 4.79 Å². The lowest BCUT2D eigenvalue weighted by Gasteiger charge is -2.16. The molecule has 1 aliphatic carbocycles. The highest BCUT2D eigenvalue weighted by molar-refractivity contribution is 5.95. The SMILES string of the molecule is O=C1CCCN1c1cccc(-c2ccc(CCC3Cc4ccccc4C3)cc2)c1. The summed E-state index contributed by atoms with van der Waals surface area (Å²) in [6.07, 6.45) is 6.49. The Hall–Kier alpha value is -2.87. The predicted octanol–water partition coefficient (Wildman–Crippen LogP) is 5.83. The van der Waals surface area contributed by atoms with Crippen molar-refractivity contribution in [2.24, 2.45) is 5.92 Å². The van der Waals surface area contributed by atoms with Crippen LogP contribution in [0.25, 0.3) is 11.1 Å². The van der Waals surface area contributed by atoms with Crippen LogP contribution in [0.4, 0.5) is 5.69 Å². The van der Waals surface area contributed by atoms with E-state index in [0.29, 0.717) is 6.42 Å². The molecular formula is C27H27NO. The van der Waals surface area contributed by atoms with E-state index in [1.54, 1.807) is 11.1 Å². The zero-order chi connectivity index (χ0) is 19.6. The second kappa shape index (κ2) is 7.87. The maximum absolute atomic E-state index is 12.0. The molecule has 2 nitrogen and oxygen atoms in total. The summed E-state index contributed by atoms with van der Waals surface area (Å²) in [5.41, 5.74) is 7.93. The van der Waals surface area contributed by atoms with Crippen LogP contribution in [-0.4, -0.2) is 12.5 Å². The van der Waals surface area contributed by atoms with Crippen LogP contribution in [0.3, 0.4) is 0 Å². The van der Waals surface area contributed by atoms with Gasteiger partial charge in [0.2, 0.25) is 5.91 Å². The average Bonchev–Trinajstić information content (AvgIpc) is 3.38. The maximum Gasteiger partial charge on any atom is 0.227 e. The molecule has 3 aromatic carbocycles. The van der Waals surface area contributed by atoms with E-state index in [2.05, 4.69) is 66.7 Å². The van der Waals surface area contributed by atoms with Crippen LogP contribution in [0.2, 0.25) is 0 Å². The number of anilines is 1. The molecule has 29 heavy (non-hydrogen) atoms. The molecule has 5 rings (SSSR count). The minimum absolute atomic E-state index is 0.242. The molecule has 1 saturated heterocycles. The fourth-order valence-electron chi connectivity index (χ4n) is 4.86. The molecule has 2 aliphatic rings. The minimum Gasteiger partial charge on any atom is -0.312 e. The van der Waals surface area contributed by atoms with Crippen molar-refractivity contribution in [3.8, 4) is 11.1 Å². The summed E-state index contributed by atoms with van der Waals surface area (Å²) in [4.78, 5) is 14.0. The number of aryl methyl sites for hydroxylation is 1. The van der Waals surface area contributed by atoms with Crippen LogP contribution in [-0.2, 0) is 24.1 Å². The van der Waals surface area contributed by atoms with Gasteiger partial charge in [0.25, 0.3) is 0 Å². The second-order valence-electron chi connectivity index (χ2n) is 8.48. The summed E-state index contributed by atoms with van der Waals surface area (Å²) in [6, 6.07) is 26.3. The fraction of sp³-hybridized carbons (Fsp3) is 0.296. The zero-order valence-electron chi connectivity index (χ0n) is 16.8. The Morgan fingerprint density at radius 1 is 0.828 bits per heavy atom. The van der Waals surface area contributed by atoms with Gasteiger partial charge in [-0.05, 0) is 78.0 Å². The van der Waals surface area contributed by atoms with Gasteiger partial charge in [-0.3, -0.25) is 4.79 Å². The van der Waals surface area contributed by atoms with Crippen LogP contribution in [0.5, 0.6) is 0 Å². The van der Waals surface area contributed by atoms with Gasteiger partial charge in [0, 0.05) is 18.7 Å². The Kier molecular flexibility index (Phi) is 4.93. The molecular weight excluding hydrogens is 354 g/mol. The van der Waals surface area contributed by atoms with Crippen molar-refractivity contribution in [3.63, 3.8) is 0 Å². The Bertz CT molecular complexity index is 996. The molecule has 0 spiro atoms. The van der Waals surface area contributed by atoms with Crippen molar-refractivity contribution >= 4 is 11.6 Å². The summed E-state index contributed by atoms with van der Waals surface area (Å²) in [5, 5.41) is 0. The van der Waals surface area contributed by atoms with E-state index in [-0.39, 0.29) is 5.91 Å². The van der Waals surface area contributed by atoms with E-state index in [0.717, 1.165) is 31.0 Å². The molecule has 0 aromatic heterocycles. The third-order valence-electron chi connectivity index (χ3n) is 6.50. The Morgan fingerprint density at radius 2 is 1.59 bits per heavy atom. The molecule has 146 valence electrons. The first kappa shape index (κ1) is 18.2. The first-order valence-electron chi connectivity index (χ1n) is 10.8. The van der Waals surface area contributed by atoms with E-state index < -0.39 is 0 Å². The van der Waals surface area contributed by atoms with Crippen LogP contribution in [0, 0.1) is 5.92 Å². The Balaban J connectivity index is 1.23. The number of nitrogens with zero attached hydrogens (tertiary/aromatic N) is 1. The van der Waals surface area contributed by atoms with Crippen molar-refractivity contribution in [3.05, 3.63) is 89.5 Å². The molecule has 1 heterocycles. The van der Waals surface area contributed by atoms with Crippen LogP contribution < -0.4 is 4.90 Å². The van der Waals surface area contributed by atoms with E-state index in [9.17, 15) is 4.79 Å². The number of amides is 1. The molecule has 0 bridgehead atoms. The first-order valence-corrected chi connectivity index (χ1v) is 10.8. The quantitative estimate of drug-likeness (QED) is 0.545. The molecule has 1 aliphatic heterocycles. The fourth-order valence-corrected chi connectivity index (χ4v) is 4.86. The number of carbonyl (C=O) groups excluding carboxylic acids is 1.